The number of nitrogens with zero attached hydrogens (tertiary/aromatic N) is 2. The van der Waals surface area contributed by atoms with Crippen LogP contribution < -0.4 is 14.5 Å². The Labute approximate surface area is 118 Å². The van der Waals surface area contributed by atoms with Crippen LogP contribution in [0.1, 0.15) is 12.8 Å². The molecule has 0 radical (unpaired) electrons. The van der Waals surface area contributed by atoms with E-state index >= 15 is 0 Å². The van der Waals surface area contributed by atoms with E-state index in [9.17, 15) is 4.79 Å². The second-order valence-corrected chi connectivity index (χ2v) is 5.45. The van der Waals surface area contributed by atoms with Gasteiger partial charge in [0.05, 0.1) is 12.2 Å². The monoisotopic (exact) mass is 274 g/mol. The molecule has 0 saturated carbocycles. The zero-order valence-electron chi connectivity index (χ0n) is 11.4. The Morgan fingerprint density at radius 3 is 3.00 bits per heavy atom. The van der Waals surface area contributed by atoms with Gasteiger partial charge in [-0.25, -0.2) is 0 Å². The maximum absolute atomic E-state index is 12.6. The maximum atomic E-state index is 12.6. The van der Waals surface area contributed by atoms with Crippen molar-refractivity contribution in [2.45, 2.75) is 18.9 Å². The standard InChI is InChI=1S/C15H18N2O3/c18-15(13-5-2-9-19-13)17-7-6-16-8-10-20-12-4-1-3-11(17)14(12)16/h1,3-4,13H,2,5-10H2. The molecule has 1 saturated heterocycles. The van der Waals surface area contributed by atoms with E-state index in [0.29, 0.717) is 6.61 Å². The third-order valence-electron chi connectivity index (χ3n) is 4.27. The van der Waals surface area contributed by atoms with Gasteiger partial charge in [-0.1, -0.05) is 6.07 Å². The molecule has 3 aliphatic rings. The fraction of sp³-hybridized carbons (Fsp3) is 0.533. The lowest BCUT2D eigenvalue weighted by Gasteiger charge is -2.41. The summed E-state index contributed by atoms with van der Waals surface area (Å²) in [4.78, 5) is 16.8. The van der Waals surface area contributed by atoms with Gasteiger partial charge in [0.2, 0.25) is 0 Å². The van der Waals surface area contributed by atoms with Crippen molar-refractivity contribution < 1.29 is 14.3 Å². The number of benzene rings is 1. The maximum Gasteiger partial charge on any atom is 0.256 e. The molecular formula is C15H18N2O3. The largest absolute Gasteiger partial charge is 0.489 e. The zero-order chi connectivity index (χ0) is 13.5. The number of carbonyl (C=O) groups excluding carboxylic acids is 1. The minimum Gasteiger partial charge on any atom is -0.489 e. The summed E-state index contributed by atoms with van der Waals surface area (Å²) in [6.07, 6.45) is 1.55. The van der Waals surface area contributed by atoms with Gasteiger partial charge in [0.15, 0.2) is 0 Å². The lowest BCUT2D eigenvalue weighted by molar-refractivity contribution is -0.127. The van der Waals surface area contributed by atoms with Gasteiger partial charge in [-0.15, -0.1) is 0 Å². The first-order chi connectivity index (χ1) is 9.84. The van der Waals surface area contributed by atoms with Crippen LogP contribution in [0.5, 0.6) is 5.75 Å². The Balaban J connectivity index is 1.71. The molecular weight excluding hydrogens is 256 g/mol. The number of amides is 1. The van der Waals surface area contributed by atoms with E-state index in [1.165, 1.54) is 0 Å². The molecule has 3 heterocycles. The zero-order valence-corrected chi connectivity index (χ0v) is 11.4. The van der Waals surface area contributed by atoms with Gasteiger partial charge < -0.3 is 19.3 Å². The molecule has 1 amide bonds. The van der Waals surface area contributed by atoms with Crippen LogP contribution in [-0.4, -0.2) is 44.9 Å². The number of ether oxygens (including phenoxy) is 2. The summed E-state index contributed by atoms with van der Waals surface area (Å²) in [5, 5.41) is 0. The minimum absolute atomic E-state index is 0.0983. The molecule has 106 valence electrons. The van der Waals surface area contributed by atoms with E-state index in [2.05, 4.69) is 4.90 Å². The van der Waals surface area contributed by atoms with Crippen molar-refractivity contribution in [3.63, 3.8) is 0 Å². The molecule has 5 nitrogen and oxygen atoms in total. The van der Waals surface area contributed by atoms with Gasteiger partial charge in [0.25, 0.3) is 5.91 Å². The highest BCUT2D eigenvalue weighted by Gasteiger charge is 2.35. The molecule has 0 spiro atoms. The highest BCUT2D eigenvalue weighted by Crippen LogP contribution is 2.43. The lowest BCUT2D eigenvalue weighted by atomic mass is 10.1. The number of hydrogen-bond acceptors (Lipinski definition) is 4. The topological polar surface area (TPSA) is 42.0 Å². The molecule has 1 unspecified atom stereocenters. The molecule has 4 rings (SSSR count). The summed E-state index contributed by atoms with van der Waals surface area (Å²) in [7, 11) is 0. The molecule has 5 heteroatoms. The van der Waals surface area contributed by atoms with E-state index < -0.39 is 0 Å². The fourth-order valence-corrected chi connectivity index (χ4v) is 3.28. The van der Waals surface area contributed by atoms with Gasteiger partial charge in [-0.3, -0.25) is 4.79 Å². The fourth-order valence-electron chi connectivity index (χ4n) is 3.28. The Hall–Kier alpha value is -1.75. The van der Waals surface area contributed by atoms with Crippen molar-refractivity contribution in [1.29, 1.82) is 0 Å². The van der Waals surface area contributed by atoms with E-state index in [0.717, 1.165) is 56.2 Å². The van der Waals surface area contributed by atoms with Gasteiger partial charge in [-0.05, 0) is 25.0 Å². The molecule has 0 N–H and O–H groups in total. The van der Waals surface area contributed by atoms with Crippen molar-refractivity contribution in [2.24, 2.45) is 0 Å². The number of carbonyl (C=O) groups is 1. The van der Waals surface area contributed by atoms with Crippen molar-refractivity contribution in [3.05, 3.63) is 18.2 Å². The molecule has 1 aromatic carbocycles. The molecule has 1 atom stereocenters. The Morgan fingerprint density at radius 1 is 1.20 bits per heavy atom. The highest BCUT2D eigenvalue weighted by molar-refractivity contribution is 6.01. The lowest BCUT2D eigenvalue weighted by Crippen LogP contribution is -2.49. The van der Waals surface area contributed by atoms with E-state index in [4.69, 9.17) is 9.47 Å². The molecule has 0 aromatic heterocycles. The highest BCUT2D eigenvalue weighted by atomic mass is 16.5. The predicted octanol–water partition coefficient (Wildman–Crippen LogP) is 1.41. The average molecular weight is 274 g/mol. The van der Waals surface area contributed by atoms with Gasteiger partial charge in [-0.2, -0.15) is 0 Å². The first-order valence-electron chi connectivity index (χ1n) is 7.28. The number of para-hydroxylation sites is 1. The SMILES string of the molecule is O=C(C1CCCO1)N1CCN2CCOc3cccc1c32. The van der Waals surface area contributed by atoms with Crippen molar-refractivity contribution in [3.8, 4) is 5.75 Å². The van der Waals surface area contributed by atoms with Crippen LogP contribution in [0, 0.1) is 0 Å². The summed E-state index contributed by atoms with van der Waals surface area (Å²) in [6, 6.07) is 5.94. The number of anilines is 2. The summed E-state index contributed by atoms with van der Waals surface area (Å²) in [5.41, 5.74) is 2.03. The summed E-state index contributed by atoms with van der Waals surface area (Å²) in [5.74, 6) is 0.986. The van der Waals surface area contributed by atoms with Crippen LogP contribution in [0.15, 0.2) is 18.2 Å². The third-order valence-corrected chi connectivity index (χ3v) is 4.27. The Bertz CT molecular complexity index is 540. The van der Waals surface area contributed by atoms with E-state index in [1.54, 1.807) is 0 Å². The second kappa shape index (κ2) is 4.66. The van der Waals surface area contributed by atoms with Gasteiger partial charge >= 0.3 is 0 Å². The average Bonchev–Trinajstić information content (AvgIpc) is 3.02. The van der Waals surface area contributed by atoms with E-state index in [1.807, 2.05) is 23.1 Å². The molecule has 0 bridgehead atoms. The molecule has 3 aliphatic heterocycles. The van der Waals surface area contributed by atoms with Crippen molar-refractivity contribution >= 4 is 17.3 Å². The van der Waals surface area contributed by atoms with Gasteiger partial charge in [0.1, 0.15) is 24.1 Å². The minimum atomic E-state index is -0.262. The smallest absolute Gasteiger partial charge is 0.256 e. The molecule has 0 aliphatic carbocycles. The molecule has 1 fully saturated rings. The summed E-state index contributed by atoms with van der Waals surface area (Å²) in [6.45, 7) is 3.91. The number of hydrogen-bond donors (Lipinski definition) is 0. The van der Waals surface area contributed by atoms with Crippen molar-refractivity contribution in [2.75, 3.05) is 42.6 Å². The normalized spacial score (nSPS) is 24.3. The molecule has 20 heavy (non-hydrogen) atoms. The summed E-state index contributed by atoms with van der Waals surface area (Å²) >= 11 is 0. The van der Waals surface area contributed by atoms with Crippen LogP contribution in [0.25, 0.3) is 0 Å². The van der Waals surface area contributed by atoms with Crippen LogP contribution in [0.3, 0.4) is 0 Å². The quantitative estimate of drug-likeness (QED) is 0.776. The van der Waals surface area contributed by atoms with Crippen LogP contribution in [0.4, 0.5) is 11.4 Å². The van der Waals surface area contributed by atoms with Crippen molar-refractivity contribution in [1.82, 2.24) is 0 Å². The number of rotatable bonds is 1. The second-order valence-electron chi connectivity index (χ2n) is 5.45. The Morgan fingerprint density at radius 2 is 2.15 bits per heavy atom. The predicted molar refractivity (Wildman–Crippen MR) is 75.5 cm³/mol. The van der Waals surface area contributed by atoms with Gasteiger partial charge in [0, 0.05) is 19.7 Å². The summed E-state index contributed by atoms with van der Waals surface area (Å²) < 4.78 is 11.3. The van der Waals surface area contributed by atoms with Crippen LogP contribution in [0.2, 0.25) is 0 Å². The Kier molecular flexibility index (Phi) is 2.80. The first-order valence-corrected chi connectivity index (χ1v) is 7.28. The first kappa shape index (κ1) is 12.0. The molecule has 1 aromatic rings. The van der Waals surface area contributed by atoms with Crippen LogP contribution >= 0.6 is 0 Å². The third kappa shape index (κ3) is 1.77. The van der Waals surface area contributed by atoms with E-state index in [-0.39, 0.29) is 12.0 Å². The van der Waals surface area contributed by atoms with Crippen LogP contribution in [-0.2, 0) is 9.53 Å².